The Labute approximate surface area is 136 Å². The number of halogens is 1. The van der Waals surface area contributed by atoms with Gasteiger partial charge in [0.15, 0.2) is 0 Å². The fourth-order valence-corrected chi connectivity index (χ4v) is 2.68. The highest BCUT2D eigenvalue weighted by Gasteiger charge is 2.36. The summed E-state index contributed by atoms with van der Waals surface area (Å²) in [4.78, 5) is 25.7. The number of nitrogens with one attached hydrogen (secondary N) is 1. The Hall–Kier alpha value is -2.02. The van der Waals surface area contributed by atoms with Crippen molar-refractivity contribution < 1.29 is 19.4 Å². The molecule has 1 aromatic carbocycles. The highest BCUT2D eigenvalue weighted by Crippen LogP contribution is 2.36. The number of amides is 2. The number of benzene rings is 1. The first-order chi connectivity index (χ1) is 10.4. The average molecular weight is 369 g/mol. The van der Waals surface area contributed by atoms with E-state index in [0.717, 1.165) is 4.47 Å². The van der Waals surface area contributed by atoms with E-state index in [4.69, 9.17) is 4.74 Å². The Bertz CT molecular complexity index is 657. The SMILES string of the molecule is CCOC(=O)C1=C(C)N(C)C(=O)NC1c1cc(Br)ccc1O. The smallest absolute Gasteiger partial charge is 0.338 e. The van der Waals surface area contributed by atoms with Crippen molar-refractivity contribution in [2.45, 2.75) is 19.9 Å². The van der Waals surface area contributed by atoms with Gasteiger partial charge >= 0.3 is 12.0 Å². The second-order valence-electron chi connectivity index (χ2n) is 4.86. The summed E-state index contributed by atoms with van der Waals surface area (Å²) in [7, 11) is 1.57. The van der Waals surface area contributed by atoms with Crippen LogP contribution in [0.3, 0.4) is 0 Å². The van der Waals surface area contributed by atoms with E-state index in [1.54, 1.807) is 33.0 Å². The summed E-state index contributed by atoms with van der Waals surface area (Å²) in [6, 6.07) is 3.73. The number of hydrogen-bond acceptors (Lipinski definition) is 4. The van der Waals surface area contributed by atoms with Crippen molar-refractivity contribution in [1.29, 1.82) is 0 Å². The van der Waals surface area contributed by atoms with Gasteiger partial charge in [-0.05, 0) is 32.0 Å². The van der Waals surface area contributed by atoms with Gasteiger partial charge in [0, 0.05) is 22.8 Å². The molecule has 2 rings (SSSR count). The minimum absolute atomic E-state index is 0.00680. The van der Waals surface area contributed by atoms with Crippen LogP contribution >= 0.6 is 15.9 Å². The Morgan fingerprint density at radius 2 is 2.18 bits per heavy atom. The molecule has 0 aromatic heterocycles. The molecule has 2 N–H and O–H groups in total. The van der Waals surface area contributed by atoms with Gasteiger partial charge in [0.05, 0.1) is 18.2 Å². The highest BCUT2D eigenvalue weighted by atomic mass is 79.9. The van der Waals surface area contributed by atoms with Gasteiger partial charge < -0.3 is 20.1 Å². The normalized spacial score (nSPS) is 18.3. The van der Waals surface area contributed by atoms with Crippen LogP contribution in [0.2, 0.25) is 0 Å². The largest absolute Gasteiger partial charge is 0.508 e. The number of urea groups is 1. The maximum Gasteiger partial charge on any atom is 0.338 e. The average Bonchev–Trinajstić information content (AvgIpc) is 2.47. The van der Waals surface area contributed by atoms with Crippen LogP contribution in [0.5, 0.6) is 5.75 Å². The Morgan fingerprint density at radius 1 is 1.50 bits per heavy atom. The van der Waals surface area contributed by atoms with Crippen LogP contribution in [0.1, 0.15) is 25.5 Å². The molecule has 0 saturated heterocycles. The predicted molar refractivity (Wildman–Crippen MR) is 84.2 cm³/mol. The van der Waals surface area contributed by atoms with Crippen LogP contribution in [0, 0.1) is 0 Å². The molecule has 1 aliphatic rings. The number of ether oxygens (including phenoxy) is 1. The molecule has 1 aliphatic heterocycles. The number of carbonyl (C=O) groups excluding carboxylic acids is 2. The maximum atomic E-state index is 12.3. The summed E-state index contributed by atoms with van der Waals surface area (Å²) in [5.74, 6) is -0.524. The van der Waals surface area contributed by atoms with Crippen LogP contribution in [0.25, 0.3) is 0 Å². The summed E-state index contributed by atoms with van der Waals surface area (Å²) >= 11 is 3.33. The molecule has 1 heterocycles. The van der Waals surface area contributed by atoms with Gasteiger partial charge in [0.25, 0.3) is 0 Å². The van der Waals surface area contributed by atoms with Crippen LogP contribution in [-0.2, 0) is 9.53 Å². The Kier molecular flexibility index (Phi) is 4.75. The van der Waals surface area contributed by atoms with E-state index in [1.807, 2.05) is 0 Å². The van der Waals surface area contributed by atoms with Gasteiger partial charge in [0.2, 0.25) is 0 Å². The molecule has 0 saturated carbocycles. The highest BCUT2D eigenvalue weighted by molar-refractivity contribution is 9.10. The van der Waals surface area contributed by atoms with Crippen molar-refractivity contribution >= 4 is 27.9 Å². The lowest BCUT2D eigenvalue weighted by Crippen LogP contribution is -2.46. The number of esters is 1. The molecule has 1 atom stereocenters. The fourth-order valence-electron chi connectivity index (χ4n) is 2.30. The molecule has 1 aromatic rings. The number of hydrogen-bond donors (Lipinski definition) is 2. The zero-order chi connectivity index (χ0) is 16.4. The maximum absolute atomic E-state index is 12.3. The molecule has 2 amide bonds. The molecule has 0 aliphatic carbocycles. The van der Waals surface area contributed by atoms with Crippen LogP contribution < -0.4 is 5.32 Å². The Balaban J connectivity index is 2.58. The van der Waals surface area contributed by atoms with Crippen molar-refractivity contribution in [1.82, 2.24) is 10.2 Å². The number of rotatable bonds is 3. The lowest BCUT2D eigenvalue weighted by atomic mass is 9.94. The molecule has 0 spiro atoms. The van der Waals surface area contributed by atoms with E-state index in [1.165, 1.54) is 11.0 Å². The van der Waals surface area contributed by atoms with Gasteiger partial charge in [-0.1, -0.05) is 15.9 Å². The standard InChI is InChI=1S/C15H17BrN2O4/c1-4-22-14(20)12-8(2)18(3)15(21)17-13(12)10-7-9(16)5-6-11(10)19/h5-7,13,19H,4H2,1-3H3,(H,17,21). The second-order valence-corrected chi connectivity index (χ2v) is 5.78. The van der Waals surface area contributed by atoms with Gasteiger partial charge in [0.1, 0.15) is 5.75 Å². The third-order valence-electron chi connectivity index (χ3n) is 3.55. The molecule has 0 radical (unpaired) electrons. The minimum Gasteiger partial charge on any atom is -0.508 e. The lowest BCUT2D eigenvalue weighted by Gasteiger charge is -2.33. The number of aromatic hydroxyl groups is 1. The van der Waals surface area contributed by atoms with Gasteiger partial charge in [-0.2, -0.15) is 0 Å². The lowest BCUT2D eigenvalue weighted by molar-refractivity contribution is -0.139. The van der Waals surface area contributed by atoms with Crippen molar-refractivity contribution in [3.05, 3.63) is 39.5 Å². The molecule has 0 bridgehead atoms. The quantitative estimate of drug-likeness (QED) is 0.803. The minimum atomic E-state index is -0.764. The van der Waals surface area contributed by atoms with Crippen LogP contribution in [-0.4, -0.2) is 35.7 Å². The van der Waals surface area contributed by atoms with Crippen LogP contribution in [0.4, 0.5) is 4.79 Å². The molecule has 0 fully saturated rings. The molecule has 1 unspecified atom stereocenters. The van der Waals surface area contributed by atoms with Crippen molar-refractivity contribution in [3.63, 3.8) is 0 Å². The summed E-state index contributed by atoms with van der Waals surface area (Å²) < 4.78 is 5.82. The first kappa shape index (κ1) is 16.4. The van der Waals surface area contributed by atoms with Crippen molar-refractivity contribution in [2.24, 2.45) is 0 Å². The van der Waals surface area contributed by atoms with Gasteiger partial charge in [-0.3, -0.25) is 0 Å². The van der Waals surface area contributed by atoms with Gasteiger partial charge in [-0.25, -0.2) is 9.59 Å². The summed E-state index contributed by atoms with van der Waals surface area (Å²) in [5, 5.41) is 12.8. The molecule has 118 valence electrons. The predicted octanol–water partition coefficient (Wildman–Crippen LogP) is 2.69. The topological polar surface area (TPSA) is 78.9 Å². The first-order valence-electron chi connectivity index (χ1n) is 6.77. The number of nitrogens with zero attached hydrogens (tertiary/aromatic N) is 1. The third-order valence-corrected chi connectivity index (χ3v) is 4.04. The molecular weight excluding hydrogens is 352 g/mol. The molecular formula is C15H17BrN2O4. The second kappa shape index (κ2) is 6.39. The van der Waals surface area contributed by atoms with E-state index in [2.05, 4.69) is 21.2 Å². The third kappa shape index (κ3) is 2.94. The van der Waals surface area contributed by atoms with E-state index >= 15 is 0 Å². The van der Waals surface area contributed by atoms with E-state index in [0.29, 0.717) is 16.8 Å². The number of phenolic OH excluding ortho intramolecular Hbond substituents is 1. The zero-order valence-electron chi connectivity index (χ0n) is 12.5. The summed E-state index contributed by atoms with van der Waals surface area (Å²) in [6.45, 7) is 3.61. The first-order valence-corrected chi connectivity index (χ1v) is 7.56. The fraction of sp³-hybridized carbons (Fsp3) is 0.333. The number of carbonyl (C=O) groups is 2. The summed E-state index contributed by atoms with van der Waals surface area (Å²) in [6.07, 6.45) is 0. The van der Waals surface area contributed by atoms with Crippen molar-refractivity contribution in [3.8, 4) is 5.75 Å². The number of allylic oxidation sites excluding steroid dienone is 1. The van der Waals surface area contributed by atoms with Gasteiger partial charge in [-0.15, -0.1) is 0 Å². The van der Waals surface area contributed by atoms with E-state index in [-0.39, 0.29) is 18.4 Å². The zero-order valence-corrected chi connectivity index (χ0v) is 14.1. The van der Waals surface area contributed by atoms with Crippen molar-refractivity contribution in [2.75, 3.05) is 13.7 Å². The molecule has 7 heteroatoms. The Morgan fingerprint density at radius 3 is 2.82 bits per heavy atom. The van der Waals surface area contributed by atoms with Crippen LogP contribution in [0.15, 0.2) is 33.9 Å². The van der Waals surface area contributed by atoms with E-state index in [9.17, 15) is 14.7 Å². The van der Waals surface area contributed by atoms with E-state index < -0.39 is 12.0 Å². The summed E-state index contributed by atoms with van der Waals surface area (Å²) in [5.41, 5.74) is 1.22. The number of phenols is 1. The molecule has 6 nitrogen and oxygen atoms in total. The molecule has 22 heavy (non-hydrogen) atoms. The monoisotopic (exact) mass is 368 g/mol.